The van der Waals surface area contributed by atoms with E-state index in [0.717, 1.165) is 12.2 Å². The maximum Gasteiger partial charge on any atom is 0.0642 e. The van der Waals surface area contributed by atoms with E-state index in [4.69, 9.17) is 10.2 Å². The first kappa shape index (κ1) is 6.39. The predicted octanol–water partition coefficient (Wildman–Crippen LogP) is -0.155. The summed E-state index contributed by atoms with van der Waals surface area (Å²) >= 11 is 1.65. The van der Waals surface area contributed by atoms with E-state index in [1.54, 1.807) is 11.8 Å². The average molecular weight is 134 g/mol. The molecule has 2 atom stereocenters. The molecule has 1 aliphatic heterocycles. The summed E-state index contributed by atoms with van der Waals surface area (Å²) in [6.45, 7) is 0.210. The van der Waals surface area contributed by atoms with E-state index in [9.17, 15) is 0 Å². The molecule has 0 saturated carbocycles. The van der Waals surface area contributed by atoms with Crippen LogP contribution >= 0.6 is 11.8 Å². The lowest BCUT2D eigenvalue weighted by molar-refractivity contribution is 0.184. The number of rotatable bonds is 1. The highest BCUT2D eigenvalue weighted by Crippen LogP contribution is 2.25. The molecule has 8 heavy (non-hydrogen) atoms. The summed E-state index contributed by atoms with van der Waals surface area (Å²) in [7, 11) is 0. The summed E-state index contributed by atoms with van der Waals surface area (Å²) in [5, 5.41) is 17.7. The van der Waals surface area contributed by atoms with Crippen molar-refractivity contribution in [1.82, 2.24) is 0 Å². The van der Waals surface area contributed by atoms with Gasteiger partial charge in [-0.05, 0) is 6.42 Å². The van der Waals surface area contributed by atoms with Gasteiger partial charge in [0.15, 0.2) is 0 Å². The van der Waals surface area contributed by atoms with Crippen LogP contribution in [0.3, 0.4) is 0 Å². The molecular formula is C5H10O2S. The first-order valence-corrected chi connectivity index (χ1v) is 3.78. The molecule has 0 spiro atoms. The van der Waals surface area contributed by atoms with E-state index in [-0.39, 0.29) is 12.7 Å². The third kappa shape index (κ3) is 1.37. The summed E-state index contributed by atoms with van der Waals surface area (Å²) in [4.78, 5) is 0. The highest BCUT2D eigenvalue weighted by atomic mass is 32.2. The van der Waals surface area contributed by atoms with Crippen molar-refractivity contribution in [2.45, 2.75) is 17.8 Å². The van der Waals surface area contributed by atoms with Crippen molar-refractivity contribution in [3.63, 3.8) is 0 Å². The lowest BCUT2D eigenvalue weighted by Crippen LogP contribution is -2.08. The largest absolute Gasteiger partial charge is 0.395 e. The fourth-order valence-electron chi connectivity index (χ4n) is 0.814. The Kier molecular flexibility index (Phi) is 2.16. The SMILES string of the molecule is OCC1C[C@@H](O)CS1. The fraction of sp³-hybridized carbons (Fsp3) is 1.00. The monoisotopic (exact) mass is 134 g/mol. The van der Waals surface area contributed by atoms with Gasteiger partial charge in [-0.25, -0.2) is 0 Å². The van der Waals surface area contributed by atoms with Crippen LogP contribution in [0.5, 0.6) is 0 Å². The van der Waals surface area contributed by atoms with E-state index in [1.165, 1.54) is 0 Å². The third-order valence-electron chi connectivity index (χ3n) is 1.26. The number of hydrogen-bond donors (Lipinski definition) is 2. The second-order valence-electron chi connectivity index (χ2n) is 2.03. The predicted molar refractivity (Wildman–Crippen MR) is 34.0 cm³/mol. The maximum absolute atomic E-state index is 8.90. The minimum atomic E-state index is -0.169. The van der Waals surface area contributed by atoms with Gasteiger partial charge in [0.25, 0.3) is 0 Å². The smallest absolute Gasteiger partial charge is 0.0642 e. The van der Waals surface area contributed by atoms with Gasteiger partial charge < -0.3 is 10.2 Å². The molecule has 1 aliphatic rings. The fourth-order valence-corrected chi connectivity index (χ4v) is 1.91. The second-order valence-corrected chi connectivity index (χ2v) is 3.36. The van der Waals surface area contributed by atoms with E-state index < -0.39 is 0 Å². The first-order chi connectivity index (χ1) is 3.83. The second kappa shape index (κ2) is 2.71. The minimum absolute atomic E-state index is 0.169. The first-order valence-electron chi connectivity index (χ1n) is 2.73. The molecule has 1 heterocycles. The van der Waals surface area contributed by atoms with Crippen molar-refractivity contribution in [3.05, 3.63) is 0 Å². The van der Waals surface area contributed by atoms with Crippen LogP contribution in [-0.4, -0.2) is 33.9 Å². The Morgan fingerprint density at radius 1 is 1.62 bits per heavy atom. The van der Waals surface area contributed by atoms with Gasteiger partial charge in [-0.2, -0.15) is 11.8 Å². The van der Waals surface area contributed by atoms with Crippen molar-refractivity contribution in [2.24, 2.45) is 0 Å². The molecule has 0 aromatic heterocycles. The van der Waals surface area contributed by atoms with Crippen molar-refractivity contribution >= 4 is 11.8 Å². The Labute approximate surface area is 52.9 Å². The van der Waals surface area contributed by atoms with Gasteiger partial charge in [-0.1, -0.05) is 0 Å². The molecular weight excluding hydrogens is 124 g/mol. The van der Waals surface area contributed by atoms with Crippen LogP contribution in [0.2, 0.25) is 0 Å². The molecule has 0 amide bonds. The quantitative estimate of drug-likeness (QED) is 0.524. The van der Waals surface area contributed by atoms with Crippen LogP contribution in [0.1, 0.15) is 6.42 Å². The van der Waals surface area contributed by atoms with Crippen molar-refractivity contribution in [2.75, 3.05) is 12.4 Å². The van der Waals surface area contributed by atoms with Crippen LogP contribution in [0.4, 0.5) is 0 Å². The van der Waals surface area contributed by atoms with Gasteiger partial charge in [-0.3, -0.25) is 0 Å². The van der Waals surface area contributed by atoms with E-state index in [1.807, 2.05) is 0 Å². The number of aliphatic hydroxyl groups excluding tert-OH is 2. The molecule has 2 N–H and O–H groups in total. The molecule has 0 aliphatic carbocycles. The van der Waals surface area contributed by atoms with E-state index >= 15 is 0 Å². The van der Waals surface area contributed by atoms with Crippen molar-refractivity contribution in [1.29, 1.82) is 0 Å². The molecule has 1 fully saturated rings. The summed E-state index contributed by atoms with van der Waals surface area (Å²) < 4.78 is 0. The summed E-state index contributed by atoms with van der Waals surface area (Å²) in [5.74, 6) is 0.797. The van der Waals surface area contributed by atoms with Crippen molar-refractivity contribution in [3.8, 4) is 0 Å². The lowest BCUT2D eigenvalue weighted by atomic mass is 10.2. The van der Waals surface area contributed by atoms with Gasteiger partial charge >= 0.3 is 0 Å². The van der Waals surface area contributed by atoms with E-state index in [2.05, 4.69) is 0 Å². The van der Waals surface area contributed by atoms with Gasteiger partial charge in [0, 0.05) is 11.0 Å². The molecule has 0 radical (unpaired) electrons. The normalized spacial score (nSPS) is 38.2. The Hall–Kier alpha value is 0.270. The zero-order valence-corrected chi connectivity index (χ0v) is 5.40. The van der Waals surface area contributed by atoms with Gasteiger partial charge in [-0.15, -0.1) is 0 Å². The maximum atomic E-state index is 8.90. The molecule has 0 aromatic carbocycles. The Morgan fingerprint density at radius 2 is 2.38 bits per heavy atom. The van der Waals surface area contributed by atoms with Crippen molar-refractivity contribution < 1.29 is 10.2 Å². The minimum Gasteiger partial charge on any atom is -0.395 e. The van der Waals surface area contributed by atoms with Gasteiger partial charge in [0.2, 0.25) is 0 Å². The molecule has 1 rings (SSSR count). The van der Waals surface area contributed by atoms with Crippen LogP contribution < -0.4 is 0 Å². The molecule has 3 heteroatoms. The lowest BCUT2D eigenvalue weighted by Gasteiger charge is -1.99. The molecule has 1 unspecified atom stereocenters. The summed E-state index contributed by atoms with van der Waals surface area (Å²) in [6, 6.07) is 0. The Morgan fingerprint density at radius 3 is 2.62 bits per heavy atom. The number of thioether (sulfide) groups is 1. The molecule has 48 valence electrons. The third-order valence-corrected chi connectivity index (χ3v) is 2.65. The molecule has 0 bridgehead atoms. The van der Waals surface area contributed by atoms with Gasteiger partial charge in [0.1, 0.15) is 0 Å². The summed E-state index contributed by atoms with van der Waals surface area (Å²) in [6.07, 6.45) is 0.596. The molecule has 2 nitrogen and oxygen atoms in total. The Bertz CT molecular complexity index is 76.8. The zero-order chi connectivity index (χ0) is 5.98. The van der Waals surface area contributed by atoms with Gasteiger partial charge in [0.05, 0.1) is 12.7 Å². The highest BCUT2D eigenvalue weighted by Gasteiger charge is 2.21. The number of aliphatic hydroxyl groups is 2. The molecule has 1 saturated heterocycles. The van der Waals surface area contributed by atoms with Crippen LogP contribution in [0.25, 0.3) is 0 Å². The standard InChI is InChI=1S/C5H10O2S/c6-2-5-1-4(7)3-8-5/h4-7H,1-3H2/t4-,5?/m1/s1. The van der Waals surface area contributed by atoms with E-state index in [0.29, 0.717) is 5.25 Å². The zero-order valence-electron chi connectivity index (χ0n) is 4.58. The summed E-state index contributed by atoms with van der Waals surface area (Å²) in [5.41, 5.74) is 0. The highest BCUT2D eigenvalue weighted by molar-refractivity contribution is 8.00. The van der Waals surface area contributed by atoms with Crippen LogP contribution in [0.15, 0.2) is 0 Å². The topological polar surface area (TPSA) is 40.5 Å². The molecule has 0 aromatic rings. The number of hydrogen-bond acceptors (Lipinski definition) is 3. The average Bonchev–Trinajstić information content (AvgIpc) is 2.14. The van der Waals surface area contributed by atoms with Crippen LogP contribution in [-0.2, 0) is 0 Å². The van der Waals surface area contributed by atoms with Crippen LogP contribution in [0, 0.1) is 0 Å². The Balaban J connectivity index is 2.22.